The second kappa shape index (κ2) is 5.27. The molecule has 1 aromatic carbocycles. The predicted molar refractivity (Wildman–Crippen MR) is 65.0 cm³/mol. The fourth-order valence-electron chi connectivity index (χ4n) is 1.52. The number of rotatable bonds is 3. The molecule has 1 unspecified atom stereocenters. The highest BCUT2D eigenvalue weighted by Crippen LogP contribution is 2.23. The van der Waals surface area contributed by atoms with Crippen molar-refractivity contribution in [3.8, 4) is 6.07 Å². The van der Waals surface area contributed by atoms with Crippen LogP contribution in [0.25, 0.3) is 0 Å². The summed E-state index contributed by atoms with van der Waals surface area (Å²) in [4.78, 5) is 23.7. The first-order chi connectivity index (χ1) is 8.40. The molecule has 1 rings (SSSR count). The third-order valence-corrected chi connectivity index (χ3v) is 2.75. The van der Waals surface area contributed by atoms with Gasteiger partial charge in [-0.15, -0.1) is 0 Å². The number of nitro groups is 1. The molecule has 0 aliphatic heterocycles. The van der Waals surface area contributed by atoms with Crippen molar-refractivity contribution in [2.75, 3.05) is 7.05 Å². The molecule has 0 bridgehead atoms. The largest absolute Gasteiger partial charge is 0.326 e. The number of nitriles is 1. The fraction of sp³-hybridized carbons (Fsp3) is 0.333. The molecular weight excluding hydrogens is 234 g/mol. The summed E-state index contributed by atoms with van der Waals surface area (Å²) >= 11 is 0. The number of carbonyl (C=O) groups excluding carboxylic acids is 1. The van der Waals surface area contributed by atoms with Gasteiger partial charge in [0.1, 0.15) is 11.6 Å². The van der Waals surface area contributed by atoms with Gasteiger partial charge in [0.05, 0.1) is 11.0 Å². The highest BCUT2D eigenvalue weighted by atomic mass is 16.6. The van der Waals surface area contributed by atoms with Gasteiger partial charge in [-0.2, -0.15) is 5.26 Å². The lowest BCUT2D eigenvalue weighted by atomic mass is 10.0. The molecule has 0 aliphatic carbocycles. The van der Waals surface area contributed by atoms with E-state index in [9.17, 15) is 14.9 Å². The first-order valence-electron chi connectivity index (χ1n) is 5.31. The van der Waals surface area contributed by atoms with Crippen LogP contribution in [0.4, 0.5) is 5.69 Å². The lowest BCUT2D eigenvalue weighted by Gasteiger charge is -2.20. The number of hydrogen-bond donors (Lipinski definition) is 0. The number of amides is 1. The second-order valence-corrected chi connectivity index (χ2v) is 3.95. The Balaban J connectivity index is 3.29. The normalized spacial score (nSPS) is 11.4. The van der Waals surface area contributed by atoms with Crippen molar-refractivity contribution in [1.29, 1.82) is 5.26 Å². The van der Waals surface area contributed by atoms with Crippen LogP contribution in [-0.2, 0) is 0 Å². The van der Waals surface area contributed by atoms with Crippen LogP contribution in [0.2, 0.25) is 0 Å². The first-order valence-corrected chi connectivity index (χ1v) is 5.31. The molecule has 1 aromatic rings. The van der Waals surface area contributed by atoms with Gasteiger partial charge in [0.25, 0.3) is 11.6 Å². The maximum atomic E-state index is 12.2. The number of carbonyl (C=O) groups is 1. The van der Waals surface area contributed by atoms with Crippen LogP contribution in [0, 0.1) is 28.4 Å². The van der Waals surface area contributed by atoms with Crippen molar-refractivity contribution in [1.82, 2.24) is 4.90 Å². The topological polar surface area (TPSA) is 87.2 Å². The third kappa shape index (κ3) is 2.46. The average Bonchev–Trinajstić information content (AvgIpc) is 2.35. The molecule has 1 atom stereocenters. The van der Waals surface area contributed by atoms with Crippen LogP contribution in [-0.4, -0.2) is 28.8 Å². The maximum absolute atomic E-state index is 12.2. The number of aryl methyl sites for hydroxylation is 1. The minimum atomic E-state index is -0.642. The van der Waals surface area contributed by atoms with Crippen LogP contribution in [0.15, 0.2) is 18.2 Å². The highest BCUT2D eigenvalue weighted by molar-refractivity contribution is 5.99. The molecule has 0 saturated heterocycles. The van der Waals surface area contributed by atoms with E-state index in [-0.39, 0.29) is 11.3 Å². The zero-order chi connectivity index (χ0) is 13.9. The van der Waals surface area contributed by atoms with Crippen LogP contribution in [0.1, 0.15) is 22.8 Å². The Kier molecular flexibility index (Phi) is 4.00. The van der Waals surface area contributed by atoms with Crippen molar-refractivity contribution in [3.63, 3.8) is 0 Å². The molecule has 0 saturated carbocycles. The van der Waals surface area contributed by atoms with E-state index in [1.807, 2.05) is 6.07 Å². The highest BCUT2D eigenvalue weighted by Gasteiger charge is 2.26. The lowest BCUT2D eigenvalue weighted by Crippen LogP contribution is -2.34. The summed E-state index contributed by atoms with van der Waals surface area (Å²) in [5.41, 5.74) is 0.315. The quantitative estimate of drug-likeness (QED) is 0.602. The number of nitro benzene ring substituents is 1. The predicted octanol–water partition coefficient (Wildman–Crippen LogP) is 1.89. The van der Waals surface area contributed by atoms with Crippen LogP contribution in [0.3, 0.4) is 0 Å². The molecule has 94 valence electrons. The summed E-state index contributed by atoms with van der Waals surface area (Å²) in [6.45, 7) is 3.19. The molecule has 18 heavy (non-hydrogen) atoms. The van der Waals surface area contributed by atoms with Crippen LogP contribution in [0.5, 0.6) is 0 Å². The first kappa shape index (κ1) is 13.6. The third-order valence-electron chi connectivity index (χ3n) is 2.75. The van der Waals surface area contributed by atoms with Crippen LogP contribution < -0.4 is 0 Å². The Bertz CT molecular complexity index is 534. The van der Waals surface area contributed by atoms with Crippen LogP contribution >= 0.6 is 0 Å². The minimum Gasteiger partial charge on any atom is -0.326 e. The minimum absolute atomic E-state index is 0.0344. The summed E-state index contributed by atoms with van der Waals surface area (Å²) in [6.07, 6.45) is 0. The van der Waals surface area contributed by atoms with Crippen molar-refractivity contribution in [3.05, 3.63) is 39.4 Å². The lowest BCUT2D eigenvalue weighted by molar-refractivity contribution is -0.385. The molecule has 0 spiro atoms. The van der Waals surface area contributed by atoms with E-state index in [4.69, 9.17) is 5.26 Å². The Morgan fingerprint density at radius 3 is 2.67 bits per heavy atom. The summed E-state index contributed by atoms with van der Waals surface area (Å²) < 4.78 is 0. The molecule has 0 heterocycles. The van der Waals surface area contributed by atoms with Crippen molar-refractivity contribution in [2.24, 2.45) is 0 Å². The summed E-state index contributed by atoms with van der Waals surface area (Å²) in [7, 11) is 1.45. The van der Waals surface area contributed by atoms with E-state index in [1.54, 1.807) is 19.9 Å². The molecule has 0 aromatic heterocycles. The Morgan fingerprint density at radius 1 is 1.56 bits per heavy atom. The summed E-state index contributed by atoms with van der Waals surface area (Å²) in [5.74, 6) is -0.520. The van der Waals surface area contributed by atoms with E-state index < -0.39 is 16.9 Å². The number of nitrogens with zero attached hydrogens (tertiary/aromatic N) is 3. The van der Waals surface area contributed by atoms with E-state index >= 15 is 0 Å². The fourth-order valence-corrected chi connectivity index (χ4v) is 1.52. The van der Waals surface area contributed by atoms with Gasteiger partial charge in [-0.3, -0.25) is 14.9 Å². The zero-order valence-corrected chi connectivity index (χ0v) is 10.4. The Labute approximate surface area is 105 Å². The van der Waals surface area contributed by atoms with Gasteiger partial charge >= 0.3 is 0 Å². The van der Waals surface area contributed by atoms with Crippen molar-refractivity contribution < 1.29 is 9.72 Å². The summed E-state index contributed by atoms with van der Waals surface area (Å²) in [5, 5.41) is 19.7. The van der Waals surface area contributed by atoms with Gasteiger partial charge in [0.2, 0.25) is 0 Å². The van der Waals surface area contributed by atoms with E-state index in [0.717, 1.165) is 0 Å². The maximum Gasteiger partial charge on any atom is 0.282 e. The van der Waals surface area contributed by atoms with Gasteiger partial charge in [-0.25, -0.2) is 0 Å². The van der Waals surface area contributed by atoms with Gasteiger partial charge in [0, 0.05) is 13.1 Å². The molecule has 0 radical (unpaired) electrons. The summed E-state index contributed by atoms with van der Waals surface area (Å²) in [6, 6.07) is 5.72. The average molecular weight is 247 g/mol. The Hall–Kier alpha value is -2.42. The van der Waals surface area contributed by atoms with Gasteiger partial charge in [-0.05, 0) is 19.4 Å². The molecule has 0 fully saturated rings. The number of benzene rings is 1. The molecule has 0 N–H and O–H groups in total. The molecule has 0 aliphatic rings. The zero-order valence-electron chi connectivity index (χ0n) is 10.4. The SMILES string of the molecule is Cc1cccc([N+](=O)[O-])c1C(=O)N(C)C(C)C#N. The molecular formula is C12H13N3O3. The standard InChI is InChI=1S/C12H13N3O3/c1-8-5-4-6-10(15(17)18)11(8)12(16)14(3)9(2)7-13/h4-6,9H,1-3H3. The van der Waals surface area contributed by atoms with Gasteiger partial charge in [0.15, 0.2) is 0 Å². The smallest absolute Gasteiger partial charge is 0.282 e. The van der Waals surface area contributed by atoms with Crippen molar-refractivity contribution in [2.45, 2.75) is 19.9 Å². The van der Waals surface area contributed by atoms with Gasteiger partial charge < -0.3 is 4.90 Å². The van der Waals surface area contributed by atoms with Crippen molar-refractivity contribution >= 4 is 11.6 Å². The monoisotopic (exact) mass is 247 g/mol. The Morgan fingerprint density at radius 2 is 2.17 bits per heavy atom. The van der Waals surface area contributed by atoms with E-state index in [1.165, 1.54) is 24.1 Å². The van der Waals surface area contributed by atoms with E-state index in [0.29, 0.717) is 5.56 Å². The van der Waals surface area contributed by atoms with Gasteiger partial charge in [-0.1, -0.05) is 12.1 Å². The molecule has 1 amide bonds. The second-order valence-electron chi connectivity index (χ2n) is 3.95. The van der Waals surface area contributed by atoms with E-state index in [2.05, 4.69) is 0 Å². The molecule has 6 nitrogen and oxygen atoms in total. The molecule has 6 heteroatoms. The number of hydrogen-bond acceptors (Lipinski definition) is 4.